The fourth-order valence-corrected chi connectivity index (χ4v) is 2.32. The summed E-state index contributed by atoms with van der Waals surface area (Å²) in [6.07, 6.45) is 0. The van der Waals surface area contributed by atoms with E-state index in [4.69, 9.17) is 4.74 Å². The number of nitro benzene ring substituents is 1. The Bertz CT molecular complexity index is 677. The molecule has 0 aliphatic heterocycles. The average molecular weight is 352 g/mol. The van der Waals surface area contributed by atoms with Crippen molar-refractivity contribution in [3.63, 3.8) is 0 Å². The van der Waals surface area contributed by atoms with Gasteiger partial charge in [-0.2, -0.15) is 0 Å². The van der Waals surface area contributed by atoms with E-state index in [2.05, 4.69) is 26.6 Å². The van der Waals surface area contributed by atoms with E-state index in [-0.39, 0.29) is 5.69 Å². The summed E-state index contributed by atoms with van der Waals surface area (Å²) in [7, 11) is 3.29. The first-order valence-corrected chi connectivity index (χ1v) is 6.90. The molecule has 0 radical (unpaired) electrons. The Hall–Kier alpha value is -2.28. The van der Waals surface area contributed by atoms with Gasteiger partial charge in [0.1, 0.15) is 5.75 Å². The summed E-state index contributed by atoms with van der Waals surface area (Å²) in [5.41, 5.74) is 2.07. The fraction of sp³-hybridized carbons (Fsp3) is 0.143. The monoisotopic (exact) mass is 351 g/mol. The molecule has 0 amide bonds. The molecular formula is C14H14BrN3O3. The molecule has 0 saturated heterocycles. The maximum Gasteiger partial charge on any atom is 0.273 e. The first kappa shape index (κ1) is 15.1. The third-order valence-electron chi connectivity index (χ3n) is 2.81. The van der Waals surface area contributed by atoms with Crippen LogP contribution in [0.4, 0.5) is 22.7 Å². The Morgan fingerprint density at radius 1 is 1.10 bits per heavy atom. The minimum absolute atomic E-state index is 0.0197. The number of non-ortho nitro benzene ring substituents is 1. The second-order valence-electron chi connectivity index (χ2n) is 4.28. The maximum atomic E-state index is 11.0. The third-order valence-corrected chi connectivity index (χ3v) is 3.27. The van der Waals surface area contributed by atoms with Gasteiger partial charge >= 0.3 is 0 Å². The molecule has 0 atom stereocenters. The van der Waals surface area contributed by atoms with Crippen molar-refractivity contribution in [1.82, 2.24) is 0 Å². The maximum absolute atomic E-state index is 11.0. The van der Waals surface area contributed by atoms with Crippen molar-refractivity contribution in [2.75, 3.05) is 24.8 Å². The van der Waals surface area contributed by atoms with Crippen LogP contribution in [0.15, 0.2) is 40.9 Å². The van der Waals surface area contributed by atoms with Crippen molar-refractivity contribution in [3.8, 4) is 5.75 Å². The van der Waals surface area contributed by atoms with Gasteiger partial charge in [0.2, 0.25) is 0 Å². The van der Waals surface area contributed by atoms with Crippen LogP contribution in [0.2, 0.25) is 0 Å². The van der Waals surface area contributed by atoms with E-state index in [1.165, 1.54) is 12.1 Å². The topological polar surface area (TPSA) is 76.4 Å². The molecule has 2 aromatic rings. The molecule has 21 heavy (non-hydrogen) atoms. The lowest BCUT2D eigenvalue weighted by Gasteiger charge is -2.10. The Morgan fingerprint density at radius 2 is 1.76 bits per heavy atom. The van der Waals surface area contributed by atoms with Gasteiger partial charge in [-0.1, -0.05) is 15.9 Å². The number of hydrogen-bond acceptors (Lipinski definition) is 5. The summed E-state index contributed by atoms with van der Waals surface area (Å²) in [4.78, 5) is 10.5. The zero-order valence-corrected chi connectivity index (χ0v) is 13.1. The molecule has 6 nitrogen and oxygen atoms in total. The highest BCUT2D eigenvalue weighted by Gasteiger charge is 2.10. The molecule has 0 aliphatic rings. The highest BCUT2D eigenvalue weighted by molar-refractivity contribution is 9.10. The highest BCUT2D eigenvalue weighted by atomic mass is 79.9. The van der Waals surface area contributed by atoms with Crippen LogP contribution >= 0.6 is 15.9 Å². The summed E-state index contributed by atoms with van der Waals surface area (Å²) in [5.74, 6) is 0.686. The lowest BCUT2D eigenvalue weighted by molar-refractivity contribution is -0.384. The first-order valence-electron chi connectivity index (χ1n) is 6.10. The number of nitrogens with one attached hydrogen (secondary N) is 2. The Balaban J connectivity index is 2.36. The van der Waals surface area contributed by atoms with Gasteiger partial charge in [-0.15, -0.1) is 0 Å². The van der Waals surface area contributed by atoms with Crippen LogP contribution < -0.4 is 15.4 Å². The van der Waals surface area contributed by atoms with E-state index in [9.17, 15) is 10.1 Å². The lowest BCUT2D eigenvalue weighted by atomic mass is 10.2. The Kier molecular flexibility index (Phi) is 4.64. The molecule has 0 spiro atoms. The highest BCUT2D eigenvalue weighted by Crippen LogP contribution is 2.30. The quantitative estimate of drug-likeness (QED) is 0.624. The summed E-state index contributed by atoms with van der Waals surface area (Å²) in [6.45, 7) is 0. The molecule has 7 heteroatoms. The van der Waals surface area contributed by atoms with Gasteiger partial charge in [0.25, 0.3) is 5.69 Å². The number of halogens is 1. The molecule has 2 rings (SSSR count). The molecule has 2 aromatic carbocycles. The van der Waals surface area contributed by atoms with Crippen LogP contribution in [0.5, 0.6) is 5.75 Å². The predicted molar refractivity (Wildman–Crippen MR) is 86.6 cm³/mol. The smallest absolute Gasteiger partial charge is 0.273 e. The van der Waals surface area contributed by atoms with Crippen LogP contribution in [0.1, 0.15) is 0 Å². The van der Waals surface area contributed by atoms with Crippen molar-refractivity contribution < 1.29 is 9.66 Å². The van der Waals surface area contributed by atoms with Crippen LogP contribution in [-0.4, -0.2) is 19.1 Å². The summed E-state index contributed by atoms with van der Waals surface area (Å²) < 4.78 is 6.04. The standard InChI is InChI=1S/C14H14BrN3O3/c1-16-10-5-12(7-13(6-10)18(19)20)17-11-3-9(15)4-14(8-11)21-2/h3-8,16-17H,1-2H3. The van der Waals surface area contributed by atoms with Gasteiger partial charge in [-0.3, -0.25) is 10.1 Å². The lowest BCUT2D eigenvalue weighted by Crippen LogP contribution is -1.97. The number of hydrogen-bond donors (Lipinski definition) is 2. The van der Waals surface area contributed by atoms with Gasteiger partial charge in [0.05, 0.1) is 12.0 Å². The van der Waals surface area contributed by atoms with Crippen molar-refractivity contribution in [2.24, 2.45) is 0 Å². The normalized spacial score (nSPS) is 10.0. The summed E-state index contributed by atoms with van der Waals surface area (Å²) in [5, 5.41) is 17.0. The summed E-state index contributed by atoms with van der Waals surface area (Å²) in [6, 6.07) is 10.3. The van der Waals surface area contributed by atoms with E-state index < -0.39 is 4.92 Å². The van der Waals surface area contributed by atoms with Crippen LogP contribution in [0.3, 0.4) is 0 Å². The summed E-state index contributed by atoms with van der Waals surface area (Å²) >= 11 is 3.39. The average Bonchev–Trinajstić information content (AvgIpc) is 2.46. The minimum Gasteiger partial charge on any atom is -0.497 e. The van der Waals surface area contributed by atoms with Gasteiger partial charge in [0, 0.05) is 46.8 Å². The first-order chi connectivity index (χ1) is 10.0. The number of ether oxygens (including phenoxy) is 1. The van der Waals surface area contributed by atoms with Gasteiger partial charge in [0.15, 0.2) is 0 Å². The molecule has 0 aliphatic carbocycles. The molecule has 0 heterocycles. The number of nitrogens with zero attached hydrogens (tertiary/aromatic N) is 1. The van der Waals surface area contributed by atoms with E-state index in [1.807, 2.05) is 18.2 Å². The van der Waals surface area contributed by atoms with E-state index in [0.29, 0.717) is 17.1 Å². The molecule has 2 N–H and O–H groups in total. The molecule has 0 bridgehead atoms. The second-order valence-corrected chi connectivity index (χ2v) is 5.20. The zero-order chi connectivity index (χ0) is 15.4. The van der Waals surface area contributed by atoms with Crippen LogP contribution in [-0.2, 0) is 0 Å². The van der Waals surface area contributed by atoms with Gasteiger partial charge in [-0.25, -0.2) is 0 Å². The third kappa shape index (κ3) is 3.85. The second kappa shape index (κ2) is 6.45. The Labute approximate surface area is 130 Å². The number of benzene rings is 2. The van der Waals surface area contributed by atoms with E-state index in [1.54, 1.807) is 20.2 Å². The number of methoxy groups -OCH3 is 1. The van der Waals surface area contributed by atoms with Crippen molar-refractivity contribution >= 4 is 38.7 Å². The molecule has 0 saturated carbocycles. The van der Waals surface area contributed by atoms with Crippen molar-refractivity contribution in [2.45, 2.75) is 0 Å². The SMILES string of the molecule is CNc1cc(Nc2cc(Br)cc(OC)c2)cc([N+](=O)[O-])c1. The van der Waals surface area contributed by atoms with E-state index in [0.717, 1.165) is 10.2 Å². The van der Waals surface area contributed by atoms with Crippen molar-refractivity contribution in [3.05, 3.63) is 51.0 Å². The molecule has 0 fully saturated rings. The largest absolute Gasteiger partial charge is 0.497 e. The predicted octanol–water partition coefficient (Wildman–Crippen LogP) is 4.15. The number of nitro groups is 1. The number of rotatable bonds is 5. The van der Waals surface area contributed by atoms with E-state index >= 15 is 0 Å². The molecular weight excluding hydrogens is 338 g/mol. The van der Waals surface area contributed by atoms with Crippen molar-refractivity contribution in [1.29, 1.82) is 0 Å². The minimum atomic E-state index is -0.423. The van der Waals surface area contributed by atoms with Gasteiger partial charge < -0.3 is 15.4 Å². The Morgan fingerprint density at radius 3 is 2.38 bits per heavy atom. The molecule has 0 unspecified atom stereocenters. The molecule has 110 valence electrons. The zero-order valence-electron chi connectivity index (χ0n) is 11.5. The number of anilines is 3. The van der Waals surface area contributed by atoms with Crippen LogP contribution in [0, 0.1) is 10.1 Å². The van der Waals surface area contributed by atoms with Crippen LogP contribution in [0.25, 0.3) is 0 Å². The van der Waals surface area contributed by atoms with Gasteiger partial charge in [-0.05, 0) is 18.2 Å². The molecule has 0 aromatic heterocycles. The fourth-order valence-electron chi connectivity index (χ4n) is 1.85.